The lowest BCUT2D eigenvalue weighted by Gasteiger charge is -2.16. The van der Waals surface area contributed by atoms with E-state index in [1.165, 1.54) is 0 Å². The minimum Gasteiger partial charge on any atom is -0.489 e. The van der Waals surface area contributed by atoms with E-state index in [2.05, 4.69) is 11.9 Å². The van der Waals surface area contributed by atoms with E-state index < -0.39 is 0 Å². The van der Waals surface area contributed by atoms with Crippen LogP contribution in [0.1, 0.15) is 38.6 Å². The highest BCUT2D eigenvalue weighted by Gasteiger charge is 2.10. The van der Waals surface area contributed by atoms with Crippen LogP contribution in [0, 0.1) is 6.92 Å². The van der Waals surface area contributed by atoms with Crippen molar-refractivity contribution in [1.29, 1.82) is 0 Å². The van der Waals surface area contributed by atoms with Crippen molar-refractivity contribution < 1.29 is 4.74 Å². The lowest BCUT2D eigenvalue weighted by molar-refractivity contribution is 0.238. The number of hydrogen-bond acceptors (Lipinski definition) is 3. The van der Waals surface area contributed by atoms with Crippen LogP contribution in [0.2, 0.25) is 0 Å². The molecule has 1 aromatic heterocycles. The second-order valence-electron chi connectivity index (χ2n) is 4.44. The molecule has 0 bridgehead atoms. The number of aromatic nitrogens is 1. The van der Waals surface area contributed by atoms with Gasteiger partial charge in [-0.1, -0.05) is 6.92 Å². The molecule has 0 radical (unpaired) electrons. The summed E-state index contributed by atoms with van der Waals surface area (Å²) < 4.78 is 5.73. The van der Waals surface area contributed by atoms with Crippen LogP contribution in [0.25, 0.3) is 0 Å². The molecular weight excluding hydrogens is 200 g/mol. The minimum atomic E-state index is 0.156. The highest BCUT2D eigenvalue weighted by atomic mass is 16.5. The van der Waals surface area contributed by atoms with Crippen molar-refractivity contribution >= 4 is 0 Å². The molecule has 0 spiro atoms. The van der Waals surface area contributed by atoms with Crippen molar-refractivity contribution in [3.05, 3.63) is 23.5 Å². The van der Waals surface area contributed by atoms with Gasteiger partial charge >= 0.3 is 0 Å². The largest absolute Gasteiger partial charge is 0.489 e. The Morgan fingerprint density at radius 3 is 2.62 bits per heavy atom. The fourth-order valence-electron chi connectivity index (χ4n) is 1.50. The zero-order valence-electron chi connectivity index (χ0n) is 10.7. The predicted octanol–water partition coefficient (Wildman–Crippen LogP) is 2.46. The SMILES string of the molecule is CCC(N)Cc1nc(C)ccc1OC(C)C. The third kappa shape index (κ3) is 3.81. The number of rotatable bonds is 5. The van der Waals surface area contributed by atoms with E-state index in [0.717, 1.165) is 30.0 Å². The third-order valence-corrected chi connectivity index (χ3v) is 2.41. The van der Waals surface area contributed by atoms with E-state index in [4.69, 9.17) is 10.5 Å². The first-order valence-electron chi connectivity index (χ1n) is 5.91. The van der Waals surface area contributed by atoms with Crippen LogP contribution in [0.4, 0.5) is 0 Å². The Balaban J connectivity index is 2.89. The number of ether oxygens (including phenoxy) is 1. The summed E-state index contributed by atoms with van der Waals surface area (Å²) in [4.78, 5) is 4.51. The molecule has 0 aliphatic carbocycles. The molecule has 0 saturated carbocycles. The smallest absolute Gasteiger partial charge is 0.141 e. The number of nitrogens with two attached hydrogens (primary N) is 1. The summed E-state index contributed by atoms with van der Waals surface area (Å²) >= 11 is 0. The van der Waals surface area contributed by atoms with Crippen LogP contribution in [-0.2, 0) is 6.42 Å². The van der Waals surface area contributed by atoms with Gasteiger partial charge in [-0.05, 0) is 39.3 Å². The molecule has 1 rings (SSSR count). The predicted molar refractivity (Wildman–Crippen MR) is 66.7 cm³/mol. The Morgan fingerprint density at radius 2 is 2.06 bits per heavy atom. The van der Waals surface area contributed by atoms with Crippen LogP contribution >= 0.6 is 0 Å². The Bertz CT molecular complexity index is 337. The summed E-state index contributed by atoms with van der Waals surface area (Å²) in [6.07, 6.45) is 1.90. The van der Waals surface area contributed by atoms with Gasteiger partial charge in [-0.15, -0.1) is 0 Å². The van der Waals surface area contributed by atoms with Gasteiger partial charge in [0.15, 0.2) is 0 Å². The Morgan fingerprint density at radius 1 is 1.38 bits per heavy atom. The van der Waals surface area contributed by atoms with Crippen molar-refractivity contribution in [3.63, 3.8) is 0 Å². The topological polar surface area (TPSA) is 48.1 Å². The van der Waals surface area contributed by atoms with Gasteiger partial charge in [0, 0.05) is 18.2 Å². The molecule has 0 aliphatic rings. The molecule has 1 heterocycles. The van der Waals surface area contributed by atoms with Crippen LogP contribution in [0.5, 0.6) is 5.75 Å². The Hall–Kier alpha value is -1.09. The first-order valence-corrected chi connectivity index (χ1v) is 5.91. The van der Waals surface area contributed by atoms with Crippen molar-refractivity contribution in [2.75, 3.05) is 0 Å². The van der Waals surface area contributed by atoms with Crippen molar-refractivity contribution in [3.8, 4) is 5.75 Å². The van der Waals surface area contributed by atoms with Gasteiger partial charge in [0.2, 0.25) is 0 Å². The third-order valence-electron chi connectivity index (χ3n) is 2.41. The molecule has 1 aromatic rings. The van der Waals surface area contributed by atoms with Gasteiger partial charge in [0.05, 0.1) is 11.8 Å². The molecule has 16 heavy (non-hydrogen) atoms. The fourth-order valence-corrected chi connectivity index (χ4v) is 1.50. The first-order chi connectivity index (χ1) is 7.52. The molecule has 3 heteroatoms. The van der Waals surface area contributed by atoms with Crippen molar-refractivity contribution in [1.82, 2.24) is 4.98 Å². The van der Waals surface area contributed by atoms with Gasteiger partial charge in [0.25, 0.3) is 0 Å². The summed E-state index contributed by atoms with van der Waals surface area (Å²) in [5.74, 6) is 0.865. The molecule has 1 atom stereocenters. The molecule has 2 N–H and O–H groups in total. The normalized spacial score (nSPS) is 12.9. The van der Waals surface area contributed by atoms with E-state index in [9.17, 15) is 0 Å². The van der Waals surface area contributed by atoms with E-state index >= 15 is 0 Å². The summed E-state index contributed by atoms with van der Waals surface area (Å²) in [5.41, 5.74) is 7.94. The average Bonchev–Trinajstić information content (AvgIpc) is 2.21. The lowest BCUT2D eigenvalue weighted by Crippen LogP contribution is -2.23. The second-order valence-corrected chi connectivity index (χ2v) is 4.44. The summed E-state index contributed by atoms with van der Waals surface area (Å²) in [6.45, 7) is 8.11. The molecule has 0 aromatic carbocycles. The number of nitrogens with zero attached hydrogens (tertiary/aromatic N) is 1. The Kier molecular flexibility index (Phi) is 4.74. The molecule has 90 valence electrons. The van der Waals surface area contributed by atoms with E-state index in [1.54, 1.807) is 0 Å². The molecular formula is C13H22N2O. The van der Waals surface area contributed by atoms with Crippen LogP contribution in [-0.4, -0.2) is 17.1 Å². The molecule has 0 fully saturated rings. The summed E-state index contributed by atoms with van der Waals surface area (Å²) in [7, 11) is 0. The van der Waals surface area contributed by atoms with E-state index in [-0.39, 0.29) is 12.1 Å². The molecule has 3 nitrogen and oxygen atoms in total. The maximum atomic E-state index is 5.96. The quantitative estimate of drug-likeness (QED) is 0.832. The average molecular weight is 222 g/mol. The summed E-state index contributed by atoms with van der Waals surface area (Å²) in [5, 5.41) is 0. The van der Waals surface area contributed by atoms with Crippen LogP contribution < -0.4 is 10.5 Å². The Labute approximate surface area is 98.0 Å². The zero-order chi connectivity index (χ0) is 12.1. The van der Waals surface area contributed by atoms with Crippen molar-refractivity contribution in [2.24, 2.45) is 5.73 Å². The molecule has 1 unspecified atom stereocenters. The van der Waals surface area contributed by atoms with E-state index in [0.29, 0.717) is 0 Å². The number of aryl methyl sites for hydroxylation is 1. The standard InChI is InChI=1S/C13H22N2O/c1-5-11(14)8-12-13(16-9(2)3)7-6-10(4)15-12/h6-7,9,11H,5,8,14H2,1-4H3. The molecule has 0 saturated heterocycles. The minimum absolute atomic E-state index is 0.156. The zero-order valence-corrected chi connectivity index (χ0v) is 10.7. The monoisotopic (exact) mass is 222 g/mol. The van der Waals surface area contributed by atoms with Gasteiger partial charge in [-0.3, -0.25) is 4.98 Å². The van der Waals surface area contributed by atoms with Gasteiger partial charge in [0.1, 0.15) is 5.75 Å². The van der Waals surface area contributed by atoms with Gasteiger partial charge in [-0.25, -0.2) is 0 Å². The van der Waals surface area contributed by atoms with Gasteiger partial charge in [-0.2, -0.15) is 0 Å². The second kappa shape index (κ2) is 5.85. The number of hydrogen-bond donors (Lipinski definition) is 1. The van der Waals surface area contributed by atoms with Gasteiger partial charge < -0.3 is 10.5 Å². The molecule has 0 aliphatic heterocycles. The summed E-state index contributed by atoms with van der Waals surface area (Å²) in [6, 6.07) is 4.11. The van der Waals surface area contributed by atoms with Crippen LogP contribution in [0.3, 0.4) is 0 Å². The molecule has 0 amide bonds. The lowest BCUT2D eigenvalue weighted by atomic mass is 10.1. The van der Waals surface area contributed by atoms with Crippen molar-refractivity contribution in [2.45, 2.75) is 52.7 Å². The first kappa shape index (κ1) is 13.0. The number of pyridine rings is 1. The van der Waals surface area contributed by atoms with E-state index in [1.807, 2.05) is 32.9 Å². The highest BCUT2D eigenvalue weighted by Crippen LogP contribution is 2.20. The maximum absolute atomic E-state index is 5.96. The highest BCUT2D eigenvalue weighted by molar-refractivity contribution is 5.30. The fraction of sp³-hybridized carbons (Fsp3) is 0.615. The van der Waals surface area contributed by atoms with Crippen LogP contribution in [0.15, 0.2) is 12.1 Å². The maximum Gasteiger partial charge on any atom is 0.141 e.